The summed E-state index contributed by atoms with van der Waals surface area (Å²) in [5.74, 6) is 0.975. The number of aromatic nitrogens is 2. The Morgan fingerprint density at radius 1 is 1.12 bits per heavy atom. The van der Waals surface area contributed by atoms with Gasteiger partial charge < -0.3 is 4.90 Å². The minimum absolute atomic E-state index is 0.0425. The molecule has 0 N–H and O–H groups in total. The number of rotatable bonds is 3. The SMILES string of the molecule is Cc1cnc(C(=O)N2CCC3(CCCN3CC3CCC3)CC2)cn1. The molecule has 3 aliphatic rings. The van der Waals surface area contributed by atoms with Gasteiger partial charge in [0.15, 0.2) is 0 Å². The number of nitrogens with zero attached hydrogens (tertiary/aromatic N) is 4. The van der Waals surface area contributed by atoms with Crippen LogP contribution < -0.4 is 0 Å². The fraction of sp³-hybridized carbons (Fsp3) is 0.737. The molecule has 0 atom stereocenters. The van der Waals surface area contributed by atoms with Crippen molar-refractivity contribution in [1.82, 2.24) is 19.8 Å². The Balaban J connectivity index is 1.38. The molecule has 1 saturated carbocycles. The fourth-order valence-electron chi connectivity index (χ4n) is 4.62. The van der Waals surface area contributed by atoms with Crippen molar-refractivity contribution < 1.29 is 4.79 Å². The topological polar surface area (TPSA) is 49.3 Å². The van der Waals surface area contributed by atoms with E-state index in [1.165, 1.54) is 45.2 Å². The van der Waals surface area contributed by atoms with Crippen molar-refractivity contribution in [3.63, 3.8) is 0 Å². The van der Waals surface area contributed by atoms with Gasteiger partial charge in [0.05, 0.1) is 11.9 Å². The van der Waals surface area contributed by atoms with Gasteiger partial charge in [-0.25, -0.2) is 4.98 Å². The van der Waals surface area contributed by atoms with Crippen LogP contribution >= 0.6 is 0 Å². The molecule has 0 unspecified atom stereocenters. The Hall–Kier alpha value is -1.49. The molecule has 5 heteroatoms. The standard InChI is InChI=1S/C19H28N4O/c1-15-12-21-17(13-20-15)18(24)22-10-7-19(8-11-22)6-3-9-23(19)14-16-4-2-5-16/h12-13,16H,2-11,14H2,1H3. The largest absolute Gasteiger partial charge is 0.337 e. The number of piperidine rings is 1. The highest BCUT2D eigenvalue weighted by Gasteiger charge is 2.44. The number of hydrogen-bond donors (Lipinski definition) is 0. The molecule has 130 valence electrons. The molecule has 1 aromatic rings. The lowest BCUT2D eigenvalue weighted by molar-refractivity contribution is 0.0288. The molecule has 2 aliphatic heterocycles. The molecule has 0 bridgehead atoms. The number of aryl methyl sites for hydroxylation is 1. The first-order valence-electron chi connectivity index (χ1n) is 9.49. The Kier molecular flexibility index (Phi) is 4.29. The molecule has 24 heavy (non-hydrogen) atoms. The fourth-order valence-corrected chi connectivity index (χ4v) is 4.62. The van der Waals surface area contributed by atoms with E-state index in [1.54, 1.807) is 12.4 Å². The summed E-state index contributed by atoms with van der Waals surface area (Å²) in [7, 11) is 0. The molecule has 3 fully saturated rings. The zero-order valence-electron chi connectivity index (χ0n) is 14.7. The molecule has 1 aromatic heterocycles. The van der Waals surface area contributed by atoms with Crippen molar-refractivity contribution >= 4 is 5.91 Å². The van der Waals surface area contributed by atoms with Gasteiger partial charge in [0.25, 0.3) is 5.91 Å². The molecule has 1 amide bonds. The van der Waals surface area contributed by atoms with Gasteiger partial charge in [0.1, 0.15) is 5.69 Å². The Morgan fingerprint density at radius 3 is 2.54 bits per heavy atom. The van der Waals surface area contributed by atoms with E-state index in [-0.39, 0.29) is 5.91 Å². The van der Waals surface area contributed by atoms with Crippen LogP contribution in [-0.2, 0) is 0 Å². The number of amides is 1. The van der Waals surface area contributed by atoms with Gasteiger partial charge in [0, 0.05) is 31.4 Å². The normalized spacial score (nSPS) is 24.3. The molecule has 2 saturated heterocycles. The molecule has 1 aliphatic carbocycles. The minimum atomic E-state index is 0.0425. The summed E-state index contributed by atoms with van der Waals surface area (Å²) in [6, 6.07) is 0. The summed E-state index contributed by atoms with van der Waals surface area (Å²) in [5.41, 5.74) is 1.70. The van der Waals surface area contributed by atoms with Crippen LogP contribution in [0.3, 0.4) is 0 Å². The third-order valence-corrected chi connectivity index (χ3v) is 6.43. The van der Waals surface area contributed by atoms with Gasteiger partial charge in [-0.2, -0.15) is 0 Å². The van der Waals surface area contributed by atoms with E-state index < -0.39 is 0 Å². The van der Waals surface area contributed by atoms with Crippen LogP contribution in [0.2, 0.25) is 0 Å². The molecular weight excluding hydrogens is 300 g/mol. The van der Waals surface area contributed by atoms with Crippen LogP contribution in [-0.4, -0.2) is 57.4 Å². The lowest BCUT2D eigenvalue weighted by Crippen LogP contribution is -2.54. The van der Waals surface area contributed by atoms with Gasteiger partial charge in [-0.3, -0.25) is 14.7 Å². The maximum atomic E-state index is 12.6. The zero-order chi connectivity index (χ0) is 16.6. The summed E-state index contributed by atoms with van der Waals surface area (Å²) in [4.78, 5) is 25.8. The first kappa shape index (κ1) is 16.0. The Labute approximate surface area is 144 Å². The highest BCUT2D eigenvalue weighted by molar-refractivity contribution is 5.92. The average molecular weight is 328 g/mol. The van der Waals surface area contributed by atoms with Gasteiger partial charge in [0.2, 0.25) is 0 Å². The van der Waals surface area contributed by atoms with Crippen LogP contribution in [0.5, 0.6) is 0 Å². The van der Waals surface area contributed by atoms with E-state index >= 15 is 0 Å². The smallest absolute Gasteiger partial charge is 0.274 e. The van der Waals surface area contributed by atoms with Crippen molar-refractivity contribution in [1.29, 1.82) is 0 Å². The van der Waals surface area contributed by atoms with E-state index in [4.69, 9.17) is 0 Å². The second-order valence-corrected chi connectivity index (χ2v) is 7.91. The van der Waals surface area contributed by atoms with E-state index in [0.29, 0.717) is 11.2 Å². The molecule has 4 rings (SSSR count). The number of likely N-dealkylation sites (tertiary alicyclic amines) is 2. The van der Waals surface area contributed by atoms with Crippen LogP contribution in [0.15, 0.2) is 12.4 Å². The van der Waals surface area contributed by atoms with E-state index in [0.717, 1.165) is 37.5 Å². The molecule has 0 radical (unpaired) electrons. The second-order valence-electron chi connectivity index (χ2n) is 7.91. The Bertz CT molecular complexity index is 588. The minimum Gasteiger partial charge on any atom is -0.337 e. The molecule has 0 aromatic carbocycles. The number of carbonyl (C=O) groups excluding carboxylic acids is 1. The van der Waals surface area contributed by atoms with E-state index in [2.05, 4.69) is 14.9 Å². The van der Waals surface area contributed by atoms with Crippen LogP contribution in [0.25, 0.3) is 0 Å². The van der Waals surface area contributed by atoms with Crippen molar-refractivity contribution in [2.24, 2.45) is 5.92 Å². The van der Waals surface area contributed by atoms with Crippen LogP contribution in [0, 0.1) is 12.8 Å². The van der Waals surface area contributed by atoms with Crippen molar-refractivity contribution in [3.8, 4) is 0 Å². The van der Waals surface area contributed by atoms with Crippen molar-refractivity contribution in [2.75, 3.05) is 26.2 Å². The number of hydrogen-bond acceptors (Lipinski definition) is 4. The lowest BCUT2D eigenvalue weighted by Gasteiger charge is -2.47. The third kappa shape index (κ3) is 2.94. The van der Waals surface area contributed by atoms with Gasteiger partial charge in [-0.15, -0.1) is 0 Å². The number of carbonyl (C=O) groups is 1. The monoisotopic (exact) mass is 328 g/mol. The van der Waals surface area contributed by atoms with Gasteiger partial charge in [-0.05, 0) is 57.9 Å². The maximum absolute atomic E-state index is 12.6. The predicted molar refractivity (Wildman–Crippen MR) is 92.8 cm³/mol. The maximum Gasteiger partial charge on any atom is 0.274 e. The summed E-state index contributed by atoms with van der Waals surface area (Å²) >= 11 is 0. The predicted octanol–water partition coefficient (Wildman–Crippen LogP) is 2.66. The summed E-state index contributed by atoms with van der Waals surface area (Å²) in [5, 5.41) is 0. The molecule has 1 spiro atoms. The average Bonchev–Trinajstić information content (AvgIpc) is 2.94. The quantitative estimate of drug-likeness (QED) is 0.856. The Morgan fingerprint density at radius 2 is 1.92 bits per heavy atom. The van der Waals surface area contributed by atoms with Gasteiger partial charge in [-0.1, -0.05) is 6.42 Å². The van der Waals surface area contributed by atoms with Crippen molar-refractivity contribution in [3.05, 3.63) is 23.8 Å². The molecule has 3 heterocycles. The first-order valence-corrected chi connectivity index (χ1v) is 9.49. The molecule has 5 nitrogen and oxygen atoms in total. The van der Waals surface area contributed by atoms with E-state index in [9.17, 15) is 4.79 Å². The lowest BCUT2D eigenvalue weighted by atomic mass is 9.81. The third-order valence-electron chi connectivity index (χ3n) is 6.43. The van der Waals surface area contributed by atoms with E-state index in [1.807, 2.05) is 11.8 Å². The second kappa shape index (κ2) is 6.43. The van der Waals surface area contributed by atoms with Crippen LogP contribution in [0.1, 0.15) is 61.1 Å². The van der Waals surface area contributed by atoms with Crippen LogP contribution in [0.4, 0.5) is 0 Å². The van der Waals surface area contributed by atoms with Crippen molar-refractivity contribution in [2.45, 2.75) is 57.4 Å². The summed E-state index contributed by atoms with van der Waals surface area (Å²) < 4.78 is 0. The summed E-state index contributed by atoms with van der Waals surface area (Å²) in [6.45, 7) is 6.15. The highest BCUT2D eigenvalue weighted by Crippen LogP contribution is 2.41. The van der Waals surface area contributed by atoms with Gasteiger partial charge >= 0.3 is 0 Å². The molecular formula is C19H28N4O. The summed E-state index contributed by atoms with van der Waals surface area (Å²) in [6.07, 6.45) is 12.4. The first-order chi connectivity index (χ1) is 11.7. The highest BCUT2D eigenvalue weighted by atomic mass is 16.2. The zero-order valence-corrected chi connectivity index (χ0v) is 14.7.